The first-order valence-corrected chi connectivity index (χ1v) is 2.48. The van der Waals surface area contributed by atoms with Crippen LogP contribution in [0.15, 0.2) is 0 Å². The Kier molecular flexibility index (Phi) is 3.69. The lowest BCUT2D eigenvalue weighted by molar-refractivity contribution is -0.479. The topological polar surface area (TPSA) is 43.1 Å². The van der Waals surface area contributed by atoms with Crippen LogP contribution >= 0.6 is 11.6 Å². The minimum absolute atomic E-state index is 0.0104. The van der Waals surface area contributed by atoms with Gasteiger partial charge in [0.2, 0.25) is 6.54 Å². The molecule has 0 atom stereocenters. The Labute approximate surface area is 46.4 Å². The van der Waals surface area contributed by atoms with Gasteiger partial charge in [0.05, 0.1) is 0 Å². The molecule has 4 heteroatoms. The maximum absolute atomic E-state index is 9.51. The Balaban J connectivity index is 2.82. The lowest BCUT2D eigenvalue weighted by Crippen LogP contribution is -1.99. The van der Waals surface area contributed by atoms with Crippen molar-refractivity contribution in [2.75, 3.05) is 12.4 Å². The van der Waals surface area contributed by atoms with Crippen molar-refractivity contribution >= 4 is 11.6 Å². The monoisotopic (exact) mass is 123 g/mol. The number of nitro groups is 1. The summed E-state index contributed by atoms with van der Waals surface area (Å²) in [5, 5.41) is 9.51. The first kappa shape index (κ1) is 6.69. The Bertz CT molecular complexity index is 66.0. The van der Waals surface area contributed by atoms with E-state index in [9.17, 15) is 10.1 Å². The third-order valence-corrected chi connectivity index (χ3v) is 0.742. The van der Waals surface area contributed by atoms with Gasteiger partial charge in [-0.3, -0.25) is 10.1 Å². The number of hydrogen-bond acceptors (Lipinski definition) is 2. The van der Waals surface area contributed by atoms with E-state index in [2.05, 4.69) is 0 Å². The largest absolute Gasteiger partial charge is 0.265 e. The molecule has 0 aromatic carbocycles. The van der Waals surface area contributed by atoms with E-state index in [-0.39, 0.29) is 11.5 Å². The maximum atomic E-state index is 9.51. The molecule has 0 bridgehead atoms. The quantitative estimate of drug-likeness (QED) is 0.318. The van der Waals surface area contributed by atoms with Crippen molar-refractivity contribution in [3.8, 4) is 0 Å². The fraction of sp³-hybridized carbons (Fsp3) is 1.00. The van der Waals surface area contributed by atoms with Crippen molar-refractivity contribution in [2.45, 2.75) is 6.42 Å². The second-order valence-electron chi connectivity index (χ2n) is 1.10. The van der Waals surface area contributed by atoms with Gasteiger partial charge in [-0.15, -0.1) is 11.6 Å². The Morgan fingerprint density at radius 1 is 1.71 bits per heavy atom. The van der Waals surface area contributed by atoms with Gasteiger partial charge in [-0.1, -0.05) is 0 Å². The van der Waals surface area contributed by atoms with Gasteiger partial charge >= 0.3 is 0 Å². The van der Waals surface area contributed by atoms with E-state index < -0.39 is 0 Å². The predicted molar refractivity (Wildman–Crippen MR) is 27.2 cm³/mol. The average molecular weight is 124 g/mol. The summed E-state index contributed by atoms with van der Waals surface area (Å²) in [6, 6.07) is 0. The second-order valence-corrected chi connectivity index (χ2v) is 1.48. The summed E-state index contributed by atoms with van der Waals surface area (Å²) in [6.45, 7) is -0.0104. The first-order valence-electron chi connectivity index (χ1n) is 1.95. The molecule has 0 saturated carbocycles. The summed E-state index contributed by atoms with van der Waals surface area (Å²) in [5.74, 6) is 0.376. The molecule has 3 nitrogen and oxygen atoms in total. The highest BCUT2D eigenvalue weighted by Gasteiger charge is 1.91. The van der Waals surface area contributed by atoms with Crippen LogP contribution in [0, 0.1) is 10.1 Å². The van der Waals surface area contributed by atoms with Gasteiger partial charge in [0.1, 0.15) is 0 Å². The standard InChI is InChI=1S/C3H6ClNO2/c4-2-1-3-5(6)7/h1-3H2. The molecule has 0 aliphatic carbocycles. The lowest BCUT2D eigenvalue weighted by Gasteiger charge is -1.83. The van der Waals surface area contributed by atoms with Crippen LogP contribution in [0.5, 0.6) is 0 Å². The highest BCUT2D eigenvalue weighted by molar-refractivity contribution is 6.17. The van der Waals surface area contributed by atoms with E-state index in [0.717, 1.165) is 0 Å². The fourth-order valence-corrected chi connectivity index (χ4v) is 0.308. The average Bonchev–Trinajstić information content (AvgIpc) is 1.61. The summed E-state index contributed by atoms with van der Waals surface area (Å²) in [7, 11) is 0. The summed E-state index contributed by atoms with van der Waals surface area (Å²) in [4.78, 5) is 9.13. The van der Waals surface area contributed by atoms with E-state index >= 15 is 0 Å². The molecule has 0 aliphatic heterocycles. The molecule has 0 N–H and O–H groups in total. The number of halogens is 1. The number of nitrogens with zero attached hydrogens (tertiary/aromatic N) is 1. The highest BCUT2D eigenvalue weighted by Crippen LogP contribution is 1.82. The predicted octanol–water partition coefficient (Wildman–Crippen LogP) is 0.892. The minimum atomic E-state index is -0.373. The summed E-state index contributed by atoms with van der Waals surface area (Å²) < 4.78 is 0. The van der Waals surface area contributed by atoms with Gasteiger partial charge in [-0.05, 0) is 0 Å². The first-order chi connectivity index (χ1) is 3.27. The van der Waals surface area contributed by atoms with Crippen LogP contribution in [0.3, 0.4) is 0 Å². The van der Waals surface area contributed by atoms with Crippen molar-refractivity contribution in [3.05, 3.63) is 10.1 Å². The van der Waals surface area contributed by atoms with Crippen LogP contribution in [-0.2, 0) is 0 Å². The third-order valence-electron chi connectivity index (χ3n) is 0.474. The second kappa shape index (κ2) is 3.87. The molecule has 0 fully saturated rings. The minimum Gasteiger partial charge on any atom is -0.265 e. The fourth-order valence-electron chi connectivity index (χ4n) is 0.189. The van der Waals surface area contributed by atoms with E-state index in [4.69, 9.17) is 11.6 Å². The molecule has 0 saturated heterocycles. The van der Waals surface area contributed by atoms with Crippen molar-refractivity contribution < 1.29 is 4.92 Å². The molecular formula is C3H6ClNO2. The van der Waals surface area contributed by atoms with Gasteiger partial charge in [-0.2, -0.15) is 0 Å². The van der Waals surface area contributed by atoms with Gasteiger partial charge < -0.3 is 0 Å². The van der Waals surface area contributed by atoms with Crippen LogP contribution in [0.2, 0.25) is 0 Å². The zero-order chi connectivity index (χ0) is 5.70. The molecular weight excluding hydrogens is 117 g/mol. The molecule has 7 heavy (non-hydrogen) atoms. The molecule has 42 valence electrons. The Morgan fingerprint density at radius 3 is 2.43 bits per heavy atom. The summed E-state index contributed by atoms with van der Waals surface area (Å²) in [5.41, 5.74) is 0. The van der Waals surface area contributed by atoms with Crippen molar-refractivity contribution in [1.29, 1.82) is 0 Å². The van der Waals surface area contributed by atoms with Crippen molar-refractivity contribution in [1.82, 2.24) is 0 Å². The molecule has 0 spiro atoms. The van der Waals surface area contributed by atoms with Crippen molar-refractivity contribution in [2.24, 2.45) is 0 Å². The molecule has 0 radical (unpaired) electrons. The zero-order valence-corrected chi connectivity index (χ0v) is 4.52. The molecule has 0 aliphatic rings. The van der Waals surface area contributed by atoms with Crippen LogP contribution < -0.4 is 0 Å². The maximum Gasteiger partial charge on any atom is 0.205 e. The molecule has 0 aromatic rings. The zero-order valence-electron chi connectivity index (χ0n) is 3.76. The Morgan fingerprint density at radius 2 is 2.29 bits per heavy atom. The summed E-state index contributed by atoms with van der Waals surface area (Å²) >= 11 is 5.14. The van der Waals surface area contributed by atoms with E-state index in [1.165, 1.54) is 0 Å². The van der Waals surface area contributed by atoms with Crippen LogP contribution in [0.1, 0.15) is 6.42 Å². The van der Waals surface area contributed by atoms with Crippen LogP contribution in [0.25, 0.3) is 0 Å². The normalized spacial score (nSPS) is 8.71. The number of alkyl halides is 1. The molecule has 0 rings (SSSR count). The van der Waals surface area contributed by atoms with Crippen LogP contribution in [0.4, 0.5) is 0 Å². The molecule has 0 heterocycles. The lowest BCUT2D eigenvalue weighted by atomic mass is 10.5. The van der Waals surface area contributed by atoms with E-state index in [1.54, 1.807) is 0 Å². The molecule has 0 unspecified atom stereocenters. The number of rotatable bonds is 3. The highest BCUT2D eigenvalue weighted by atomic mass is 35.5. The number of hydrogen-bond donors (Lipinski definition) is 0. The SMILES string of the molecule is O=[N+]([O-])CCCCl. The third kappa shape index (κ3) is 5.69. The summed E-state index contributed by atoms with van der Waals surface area (Å²) in [6.07, 6.45) is 0.467. The van der Waals surface area contributed by atoms with E-state index in [0.29, 0.717) is 12.3 Å². The molecule has 0 amide bonds. The van der Waals surface area contributed by atoms with Gasteiger partial charge in [0, 0.05) is 17.2 Å². The van der Waals surface area contributed by atoms with Gasteiger partial charge in [0.25, 0.3) is 0 Å². The van der Waals surface area contributed by atoms with Gasteiger partial charge in [-0.25, -0.2) is 0 Å². The van der Waals surface area contributed by atoms with Gasteiger partial charge in [0.15, 0.2) is 0 Å². The molecule has 0 aromatic heterocycles. The Hall–Kier alpha value is -0.310. The smallest absolute Gasteiger partial charge is 0.205 e. The van der Waals surface area contributed by atoms with E-state index in [1.807, 2.05) is 0 Å². The van der Waals surface area contributed by atoms with Crippen molar-refractivity contribution in [3.63, 3.8) is 0 Å². The van der Waals surface area contributed by atoms with Crippen LogP contribution in [-0.4, -0.2) is 17.3 Å².